The first-order valence-corrected chi connectivity index (χ1v) is 8.01. The van der Waals surface area contributed by atoms with Crippen LogP contribution >= 0.6 is 0 Å². The predicted octanol–water partition coefficient (Wildman–Crippen LogP) is 1.04. The molecule has 0 spiro atoms. The van der Waals surface area contributed by atoms with E-state index in [1.54, 1.807) is 0 Å². The molecule has 1 amide bonds. The number of amides is 1. The molecule has 2 saturated heterocycles. The van der Waals surface area contributed by atoms with Crippen LogP contribution in [0.25, 0.3) is 0 Å². The highest BCUT2D eigenvalue weighted by atomic mass is 16.2. The Balaban J connectivity index is 1.52. The largest absolute Gasteiger partial charge is 0.340 e. The highest BCUT2D eigenvalue weighted by molar-refractivity contribution is 5.79. The zero-order valence-electron chi connectivity index (χ0n) is 12.8. The fourth-order valence-corrected chi connectivity index (χ4v) is 3.37. The van der Waals surface area contributed by atoms with E-state index >= 15 is 0 Å². The summed E-state index contributed by atoms with van der Waals surface area (Å²) in [4.78, 5) is 17.0. The number of hydrogen-bond donors (Lipinski definition) is 1. The molecule has 1 atom stereocenters. The van der Waals surface area contributed by atoms with Crippen molar-refractivity contribution < 1.29 is 4.79 Å². The summed E-state index contributed by atoms with van der Waals surface area (Å²) >= 11 is 0. The van der Waals surface area contributed by atoms with E-state index in [0.29, 0.717) is 12.5 Å². The van der Waals surface area contributed by atoms with Gasteiger partial charge in [-0.2, -0.15) is 0 Å². The molecule has 4 heteroatoms. The molecule has 0 bridgehead atoms. The highest BCUT2D eigenvalue weighted by Crippen LogP contribution is 2.14. The highest BCUT2D eigenvalue weighted by Gasteiger charge is 2.27. The average molecular weight is 287 g/mol. The molecule has 114 valence electrons. The Hall–Kier alpha value is -1.39. The van der Waals surface area contributed by atoms with Gasteiger partial charge in [0, 0.05) is 38.8 Å². The van der Waals surface area contributed by atoms with Gasteiger partial charge in [-0.15, -0.1) is 0 Å². The fraction of sp³-hybridized carbons (Fsp3) is 0.588. The lowest BCUT2D eigenvalue weighted by Gasteiger charge is -2.37. The monoisotopic (exact) mass is 287 g/mol. The maximum absolute atomic E-state index is 12.4. The molecule has 1 aromatic carbocycles. The normalized spacial score (nSPS) is 23.5. The summed E-state index contributed by atoms with van der Waals surface area (Å²) in [6.45, 7) is 8.11. The minimum atomic E-state index is 0.272. The van der Waals surface area contributed by atoms with E-state index < -0.39 is 0 Å². The molecule has 3 rings (SSSR count). The van der Waals surface area contributed by atoms with Gasteiger partial charge in [0.1, 0.15) is 0 Å². The minimum Gasteiger partial charge on any atom is -0.340 e. The van der Waals surface area contributed by atoms with Crippen molar-refractivity contribution in [3.63, 3.8) is 0 Å². The predicted molar refractivity (Wildman–Crippen MR) is 84.3 cm³/mol. The number of piperazine rings is 1. The Kier molecular flexibility index (Phi) is 4.56. The summed E-state index contributed by atoms with van der Waals surface area (Å²) in [7, 11) is 0. The zero-order valence-corrected chi connectivity index (χ0v) is 12.8. The van der Waals surface area contributed by atoms with E-state index in [9.17, 15) is 4.79 Å². The molecule has 2 fully saturated rings. The lowest BCUT2D eigenvalue weighted by atomic mass is 10.0. The van der Waals surface area contributed by atoms with Gasteiger partial charge in [-0.25, -0.2) is 0 Å². The van der Waals surface area contributed by atoms with Crippen molar-refractivity contribution in [3.05, 3.63) is 35.4 Å². The Morgan fingerprint density at radius 1 is 1.24 bits per heavy atom. The van der Waals surface area contributed by atoms with E-state index in [1.807, 2.05) is 17.0 Å². The standard InChI is InChI=1S/C17H25N3O/c1-14-4-2-3-5-15(14)12-17(21)20-10-8-19(9-11-20)16-6-7-18-13-16/h2-5,16,18H,6-13H2,1H3. The number of aryl methyl sites for hydroxylation is 1. The number of nitrogens with zero attached hydrogens (tertiary/aromatic N) is 2. The van der Waals surface area contributed by atoms with Gasteiger partial charge in [0.15, 0.2) is 0 Å². The van der Waals surface area contributed by atoms with Crippen LogP contribution in [0.5, 0.6) is 0 Å². The third-order valence-electron chi connectivity index (χ3n) is 4.82. The number of benzene rings is 1. The van der Waals surface area contributed by atoms with Crippen LogP contribution in [0.4, 0.5) is 0 Å². The summed E-state index contributed by atoms with van der Waals surface area (Å²) in [6.07, 6.45) is 1.79. The van der Waals surface area contributed by atoms with E-state index in [1.165, 1.54) is 12.0 Å². The van der Waals surface area contributed by atoms with Crippen molar-refractivity contribution in [1.82, 2.24) is 15.1 Å². The third kappa shape index (κ3) is 3.44. The first-order chi connectivity index (χ1) is 10.2. The number of carbonyl (C=O) groups excluding carboxylic acids is 1. The van der Waals surface area contributed by atoms with Gasteiger partial charge >= 0.3 is 0 Å². The molecule has 0 radical (unpaired) electrons. The van der Waals surface area contributed by atoms with Crippen LogP contribution in [0.15, 0.2) is 24.3 Å². The number of rotatable bonds is 3. The van der Waals surface area contributed by atoms with Crippen molar-refractivity contribution in [2.24, 2.45) is 0 Å². The number of carbonyl (C=O) groups is 1. The molecule has 1 unspecified atom stereocenters. The van der Waals surface area contributed by atoms with Crippen molar-refractivity contribution >= 4 is 5.91 Å². The summed E-state index contributed by atoms with van der Waals surface area (Å²) in [5.41, 5.74) is 2.37. The van der Waals surface area contributed by atoms with Crippen LogP contribution in [0.3, 0.4) is 0 Å². The summed E-state index contributed by atoms with van der Waals surface area (Å²) in [5, 5.41) is 3.42. The van der Waals surface area contributed by atoms with E-state index in [-0.39, 0.29) is 5.91 Å². The Bertz CT molecular complexity index is 489. The van der Waals surface area contributed by atoms with Crippen LogP contribution in [0.1, 0.15) is 17.5 Å². The number of hydrogen-bond acceptors (Lipinski definition) is 3. The summed E-state index contributed by atoms with van der Waals surface area (Å²) in [6, 6.07) is 8.86. The fourth-order valence-electron chi connectivity index (χ4n) is 3.37. The second kappa shape index (κ2) is 6.58. The molecule has 21 heavy (non-hydrogen) atoms. The van der Waals surface area contributed by atoms with Crippen molar-refractivity contribution in [1.29, 1.82) is 0 Å². The number of nitrogens with one attached hydrogen (secondary N) is 1. The van der Waals surface area contributed by atoms with Gasteiger partial charge in [0.2, 0.25) is 5.91 Å². The van der Waals surface area contributed by atoms with Gasteiger partial charge in [-0.05, 0) is 31.0 Å². The smallest absolute Gasteiger partial charge is 0.227 e. The van der Waals surface area contributed by atoms with E-state index in [4.69, 9.17) is 0 Å². The molecule has 2 aliphatic rings. The van der Waals surface area contributed by atoms with Crippen LogP contribution < -0.4 is 5.32 Å². The topological polar surface area (TPSA) is 35.6 Å². The molecule has 0 saturated carbocycles. The van der Waals surface area contributed by atoms with Gasteiger partial charge in [0.05, 0.1) is 6.42 Å². The van der Waals surface area contributed by atoms with Crippen LogP contribution in [-0.4, -0.2) is 61.0 Å². The summed E-state index contributed by atoms with van der Waals surface area (Å²) in [5.74, 6) is 0.272. The lowest BCUT2D eigenvalue weighted by Crippen LogP contribution is -2.52. The molecule has 4 nitrogen and oxygen atoms in total. The molecule has 1 aromatic rings. The maximum Gasteiger partial charge on any atom is 0.227 e. The Morgan fingerprint density at radius 3 is 2.67 bits per heavy atom. The summed E-state index contributed by atoms with van der Waals surface area (Å²) < 4.78 is 0. The van der Waals surface area contributed by atoms with Gasteiger partial charge in [-0.3, -0.25) is 9.69 Å². The molecule has 2 aliphatic heterocycles. The van der Waals surface area contributed by atoms with Gasteiger partial charge in [0.25, 0.3) is 0 Å². The molecular formula is C17H25N3O. The average Bonchev–Trinajstić information content (AvgIpc) is 3.04. The molecule has 0 aromatic heterocycles. The maximum atomic E-state index is 12.4. The molecule has 2 heterocycles. The zero-order chi connectivity index (χ0) is 14.7. The Morgan fingerprint density at radius 2 is 2.00 bits per heavy atom. The molecular weight excluding hydrogens is 262 g/mol. The molecule has 0 aliphatic carbocycles. The molecule has 1 N–H and O–H groups in total. The second-order valence-electron chi connectivity index (χ2n) is 6.17. The van der Waals surface area contributed by atoms with Gasteiger partial charge < -0.3 is 10.2 Å². The second-order valence-corrected chi connectivity index (χ2v) is 6.17. The van der Waals surface area contributed by atoms with E-state index in [2.05, 4.69) is 29.3 Å². The van der Waals surface area contributed by atoms with Crippen molar-refractivity contribution in [2.45, 2.75) is 25.8 Å². The SMILES string of the molecule is Cc1ccccc1CC(=O)N1CCN(C2CCNC2)CC1. The first-order valence-electron chi connectivity index (χ1n) is 8.01. The quantitative estimate of drug-likeness (QED) is 0.902. The first kappa shape index (κ1) is 14.5. The minimum absolute atomic E-state index is 0.272. The van der Waals surface area contributed by atoms with Crippen molar-refractivity contribution in [2.75, 3.05) is 39.3 Å². The third-order valence-corrected chi connectivity index (χ3v) is 4.82. The van der Waals surface area contributed by atoms with Crippen molar-refractivity contribution in [3.8, 4) is 0 Å². The van der Waals surface area contributed by atoms with Gasteiger partial charge in [-0.1, -0.05) is 24.3 Å². The van der Waals surface area contributed by atoms with Crippen LogP contribution in [0, 0.1) is 6.92 Å². The van der Waals surface area contributed by atoms with E-state index in [0.717, 1.165) is 44.8 Å². The van der Waals surface area contributed by atoms with Crippen LogP contribution in [-0.2, 0) is 11.2 Å². The van der Waals surface area contributed by atoms with Crippen LogP contribution in [0.2, 0.25) is 0 Å². The Labute approximate surface area is 127 Å². The lowest BCUT2D eigenvalue weighted by molar-refractivity contribution is -0.132.